The number of amides is 2. The van der Waals surface area contributed by atoms with Gasteiger partial charge in [0, 0.05) is 46.4 Å². The summed E-state index contributed by atoms with van der Waals surface area (Å²) in [6.07, 6.45) is 1.54. The molecule has 1 heterocycles. The summed E-state index contributed by atoms with van der Waals surface area (Å²) in [5.41, 5.74) is 1.95. The Hall–Kier alpha value is -2.61. The van der Waals surface area contributed by atoms with Crippen molar-refractivity contribution in [2.75, 3.05) is 52.3 Å². The fourth-order valence-corrected chi connectivity index (χ4v) is 2.64. The molecule has 0 bridgehead atoms. The van der Waals surface area contributed by atoms with Gasteiger partial charge in [-0.15, -0.1) is 0 Å². The first-order valence-corrected chi connectivity index (χ1v) is 9.12. The maximum absolute atomic E-state index is 11.8. The standard InChI is InChI=1S/C19H29N5O3/c1-23(2)18(26)14-22-19(20-10-12-27-3)21-13-15-6-8-16(9-7-15)24-11-4-5-17(24)25/h6-9H,4-5,10-14H2,1-3H3,(H2,20,21,22). The number of guanidine groups is 1. The second-order valence-electron chi connectivity index (χ2n) is 6.54. The summed E-state index contributed by atoms with van der Waals surface area (Å²) in [6.45, 7) is 2.55. The molecule has 0 saturated carbocycles. The molecule has 2 amide bonds. The topological polar surface area (TPSA) is 86.3 Å². The maximum Gasteiger partial charge on any atom is 0.241 e. The highest BCUT2D eigenvalue weighted by Gasteiger charge is 2.21. The highest BCUT2D eigenvalue weighted by atomic mass is 16.5. The van der Waals surface area contributed by atoms with Crippen LogP contribution in [0.3, 0.4) is 0 Å². The van der Waals surface area contributed by atoms with E-state index in [-0.39, 0.29) is 18.4 Å². The number of aliphatic imine (C=N–C) groups is 1. The molecule has 0 spiro atoms. The number of methoxy groups -OCH3 is 1. The number of rotatable bonds is 8. The first-order valence-electron chi connectivity index (χ1n) is 9.12. The first-order chi connectivity index (χ1) is 13.0. The molecule has 0 aromatic heterocycles. The van der Waals surface area contributed by atoms with Gasteiger partial charge in [-0.2, -0.15) is 0 Å². The van der Waals surface area contributed by atoms with E-state index in [1.54, 1.807) is 21.2 Å². The number of benzene rings is 1. The summed E-state index contributed by atoms with van der Waals surface area (Å²) in [6, 6.07) is 7.86. The van der Waals surface area contributed by atoms with Crippen molar-refractivity contribution in [2.45, 2.75) is 19.4 Å². The predicted molar refractivity (Wildman–Crippen MR) is 106 cm³/mol. The van der Waals surface area contributed by atoms with Crippen LogP contribution in [0.1, 0.15) is 18.4 Å². The molecular weight excluding hydrogens is 346 g/mol. The SMILES string of the molecule is COCCNC(=NCc1ccc(N2CCCC2=O)cc1)NCC(=O)N(C)C. The molecule has 0 aliphatic carbocycles. The van der Waals surface area contributed by atoms with Gasteiger partial charge in [0.25, 0.3) is 0 Å². The van der Waals surface area contributed by atoms with Gasteiger partial charge in [-0.25, -0.2) is 4.99 Å². The van der Waals surface area contributed by atoms with E-state index in [1.807, 2.05) is 29.2 Å². The van der Waals surface area contributed by atoms with Crippen molar-refractivity contribution in [3.63, 3.8) is 0 Å². The van der Waals surface area contributed by atoms with Crippen LogP contribution in [0.25, 0.3) is 0 Å². The summed E-state index contributed by atoms with van der Waals surface area (Å²) < 4.78 is 5.04. The van der Waals surface area contributed by atoms with Gasteiger partial charge < -0.3 is 25.2 Å². The highest BCUT2D eigenvalue weighted by Crippen LogP contribution is 2.21. The molecule has 2 N–H and O–H groups in total. The van der Waals surface area contributed by atoms with Gasteiger partial charge in [0.15, 0.2) is 5.96 Å². The van der Waals surface area contributed by atoms with E-state index in [2.05, 4.69) is 15.6 Å². The Labute approximate surface area is 160 Å². The molecule has 2 rings (SSSR count). The fraction of sp³-hybridized carbons (Fsp3) is 0.526. The summed E-state index contributed by atoms with van der Waals surface area (Å²) in [7, 11) is 5.06. The number of likely N-dealkylation sites (N-methyl/N-ethyl adjacent to an activating group) is 1. The summed E-state index contributed by atoms with van der Waals surface area (Å²) in [4.78, 5) is 31.5. The molecular formula is C19H29N5O3. The van der Waals surface area contributed by atoms with Crippen molar-refractivity contribution >= 4 is 23.5 Å². The lowest BCUT2D eigenvalue weighted by atomic mass is 10.2. The molecule has 0 unspecified atom stereocenters. The van der Waals surface area contributed by atoms with E-state index in [1.165, 1.54) is 4.90 Å². The number of hydrogen-bond donors (Lipinski definition) is 2. The number of nitrogens with zero attached hydrogens (tertiary/aromatic N) is 3. The molecule has 0 atom stereocenters. The zero-order valence-corrected chi connectivity index (χ0v) is 16.3. The number of anilines is 1. The van der Waals surface area contributed by atoms with E-state index in [4.69, 9.17) is 4.74 Å². The van der Waals surface area contributed by atoms with Crippen LogP contribution in [-0.4, -0.2) is 70.1 Å². The Morgan fingerprint density at radius 3 is 2.59 bits per heavy atom. The lowest BCUT2D eigenvalue weighted by Crippen LogP contribution is -2.43. The van der Waals surface area contributed by atoms with Crippen molar-refractivity contribution in [1.82, 2.24) is 15.5 Å². The van der Waals surface area contributed by atoms with Crippen molar-refractivity contribution in [3.8, 4) is 0 Å². The molecule has 0 radical (unpaired) electrons. The van der Waals surface area contributed by atoms with Crippen LogP contribution in [0.2, 0.25) is 0 Å². The minimum atomic E-state index is -0.0316. The van der Waals surface area contributed by atoms with Crippen molar-refractivity contribution in [2.24, 2.45) is 4.99 Å². The van der Waals surface area contributed by atoms with E-state index in [0.717, 1.165) is 24.2 Å². The van der Waals surface area contributed by atoms with Crippen molar-refractivity contribution < 1.29 is 14.3 Å². The maximum atomic E-state index is 11.8. The minimum absolute atomic E-state index is 0.0316. The quantitative estimate of drug-likeness (QED) is 0.394. The smallest absolute Gasteiger partial charge is 0.241 e. The van der Waals surface area contributed by atoms with E-state index < -0.39 is 0 Å². The Bertz CT molecular complexity index is 658. The van der Waals surface area contributed by atoms with Gasteiger partial charge in [-0.1, -0.05) is 12.1 Å². The van der Waals surface area contributed by atoms with Crippen LogP contribution in [0, 0.1) is 0 Å². The third-order valence-corrected chi connectivity index (χ3v) is 4.25. The van der Waals surface area contributed by atoms with Gasteiger partial charge in [-0.3, -0.25) is 9.59 Å². The van der Waals surface area contributed by atoms with Crippen LogP contribution in [-0.2, 0) is 20.9 Å². The van der Waals surface area contributed by atoms with Crippen LogP contribution in [0.4, 0.5) is 5.69 Å². The van der Waals surface area contributed by atoms with Gasteiger partial charge in [-0.05, 0) is 24.1 Å². The second-order valence-corrected chi connectivity index (χ2v) is 6.54. The zero-order chi connectivity index (χ0) is 19.6. The van der Waals surface area contributed by atoms with Crippen molar-refractivity contribution in [1.29, 1.82) is 0 Å². The van der Waals surface area contributed by atoms with Crippen LogP contribution < -0.4 is 15.5 Å². The molecule has 1 aliphatic heterocycles. The minimum Gasteiger partial charge on any atom is -0.383 e. The number of hydrogen-bond acceptors (Lipinski definition) is 4. The van der Waals surface area contributed by atoms with Crippen LogP contribution in [0.5, 0.6) is 0 Å². The molecule has 8 heteroatoms. The third kappa shape index (κ3) is 6.56. The average Bonchev–Trinajstić information content (AvgIpc) is 3.09. The molecule has 1 aliphatic rings. The Balaban J connectivity index is 1.96. The van der Waals surface area contributed by atoms with Gasteiger partial charge in [0.05, 0.1) is 19.7 Å². The molecule has 8 nitrogen and oxygen atoms in total. The Kier molecular flexibility index (Phi) is 8.06. The van der Waals surface area contributed by atoms with Gasteiger partial charge in [0.1, 0.15) is 0 Å². The average molecular weight is 375 g/mol. The van der Waals surface area contributed by atoms with E-state index in [0.29, 0.717) is 32.1 Å². The molecule has 1 aromatic carbocycles. The number of carbonyl (C=O) groups is 2. The molecule has 27 heavy (non-hydrogen) atoms. The van der Waals surface area contributed by atoms with E-state index >= 15 is 0 Å². The third-order valence-electron chi connectivity index (χ3n) is 4.25. The lowest BCUT2D eigenvalue weighted by molar-refractivity contribution is -0.127. The first kappa shape index (κ1) is 20.7. The second kappa shape index (κ2) is 10.5. The number of nitrogens with one attached hydrogen (secondary N) is 2. The van der Waals surface area contributed by atoms with E-state index in [9.17, 15) is 9.59 Å². The Morgan fingerprint density at radius 2 is 2.00 bits per heavy atom. The summed E-state index contributed by atoms with van der Waals surface area (Å²) in [5.74, 6) is 0.706. The van der Waals surface area contributed by atoms with Gasteiger partial charge >= 0.3 is 0 Å². The molecule has 148 valence electrons. The van der Waals surface area contributed by atoms with Gasteiger partial charge in [0.2, 0.25) is 11.8 Å². The predicted octanol–water partition coefficient (Wildman–Crippen LogP) is 0.583. The van der Waals surface area contributed by atoms with Crippen LogP contribution in [0.15, 0.2) is 29.3 Å². The zero-order valence-electron chi connectivity index (χ0n) is 16.3. The summed E-state index contributed by atoms with van der Waals surface area (Å²) in [5, 5.41) is 6.17. The fourth-order valence-electron chi connectivity index (χ4n) is 2.64. The van der Waals surface area contributed by atoms with Crippen LogP contribution >= 0.6 is 0 Å². The van der Waals surface area contributed by atoms with Crippen molar-refractivity contribution in [3.05, 3.63) is 29.8 Å². The highest BCUT2D eigenvalue weighted by molar-refractivity contribution is 5.95. The monoisotopic (exact) mass is 375 g/mol. The lowest BCUT2D eigenvalue weighted by Gasteiger charge is -2.16. The number of ether oxygens (including phenoxy) is 1. The molecule has 1 aromatic rings. The molecule has 1 fully saturated rings. The number of carbonyl (C=O) groups excluding carboxylic acids is 2. The Morgan fingerprint density at radius 1 is 1.26 bits per heavy atom. The summed E-state index contributed by atoms with van der Waals surface area (Å²) >= 11 is 0. The molecule has 1 saturated heterocycles. The normalized spacial score (nSPS) is 14.4. The largest absolute Gasteiger partial charge is 0.383 e.